The summed E-state index contributed by atoms with van der Waals surface area (Å²) in [6, 6.07) is 9.63. The average molecular weight is 388 g/mol. The van der Waals surface area contributed by atoms with Crippen LogP contribution in [0.4, 0.5) is 11.8 Å². The molecule has 0 radical (unpaired) electrons. The van der Waals surface area contributed by atoms with Gasteiger partial charge in [-0.05, 0) is 43.0 Å². The Kier molecular flexibility index (Phi) is 3.83. The fourth-order valence-corrected chi connectivity index (χ4v) is 3.71. The maximum absolute atomic E-state index is 6.36. The molecule has 1 fully saturated rings. The van der Waals surface area contributed by atoms with Gasteiger partial charge < -0.3 is 16.2 Å². The number of rotatable bonds is 4. The van der Waals surface area contributed by atoms with E-state index in [2.05, 4.69) is 37.4 Å². The molecule has 3 aromatic heterocycles. The molecule has 4 N–H and O–H groups in total. The SMILES string of the molecule is COc1cccc2c(N=C(N)C3CC3c3ccc4nnc(C)n4c3)nc(N)nc12. The number of fused-ring (bicyclic) bond motifs is 2. The highest BCUT2D eigenvalue weighted by atomic mass is 16.5. The van der Waals surface area contributed by atoms with Gasteiger partial charge in [0, 0.05) is 17.5 Å². The van der Waals surface area contributed by atoms with E-state index in [0.29, 0.717) is 28.8 Å². The highest BCUT2D eigenvalue weighted by molar-refractivity contribution is 5.97. The van der Waals surface area contributed by atoms with Gasteiger partial charge in [-0.3, -0.25) is 4.40 Å². The van der Waals surface area contributed by atoms with E-state index in [9.17, 15) is 0 Å². The van der Waals surface area contributed by atoms with E-state index in [1.165, 1.54) is 5.56 Å². The summed E-state index contributed by atoms with van der Waals surface area (Å²) in [7, 11) is 1.59. The molecule has 5 rings (SSSR count). The van der Waals surface area contributed by atoms with Crippen molar-refractivity contribution < 1.29 is 4.74 Å². The van der Waals surface area contributed by atoms with Gasteiger partial charge in [0.2, 0.25) is 5.95 Å². The molecule has 0 aliphatic heterocycles. The predicted octanol–water partition coefficient (Wildman–Crippen LogP) is 2.36. The van der Waals surface area contributed by atoms with Gasteiger partial charge in [-0.1, -0.05) is 12.1 Å². The topological polar surface area (TPSA) is 130 Å². The van der Waals surface area contributed by atoms with Gasteiger partial charge in [0.05, 0.1) is 7.11 Å². The normalized spacial score (nSPS) is 19.0. The van der Waals surface area contributed by atoms with Crippen LogP contribution in [-0.4, -0.2) is 37.5 Å². The number of aromatic nitrogens is 5. The molecule has 1 aliphatic rings. The number of nitrogens with two attached hydrogens (primary N) is 2. The lowest BCUT2D eigenvalue weighted by atomic mass is 10.1. The van der Waals surface area contributed by atoms with Crippen LogP contribution >= 0.6 is 0 Å². The van der Waals surface area contributed by atoms with Gasteiger partial charge in [0.25, 0.3) is 0 Å². The van der Waals surface area contributed by atoms with Crippen molar-refractivity contribution in [2.45, 2.75) is 19.3 Å². The van der Waals surface area contributed by atoms with Crippen LogP contribution in [0.2, 0.25) is 0 Å². The molecule has 2 unspecified atom stereocenters. The Labute approximate surface area is 166 Å². The molecule has 9 heteroatoms. The number of ether oxygens (including phenoxy) is 1. The van der Waals surface area contributed by atoms with E-state index in [-0.39, 0.29) is 11.9 Å². The van der Waals surface area contributed by atoms with Gasteiger partial charge in [0.1, 0.15) is 22.9 Å². The number of pyridine rings is 1. The van der Waals surface area contributed by atoms with Crippen molar-refractivity contribution in [3.8, 4) is 5.75 Å². The molecule has 0 amide bonds. The first-order chi connectivity index (χ1) is 14.0. The monoisotopic (exact) mass is 388 g/mol. The minimum atomic E-state index is 0.134. The smallest absolute Gasteiger partial charge is 0.222 e. The summed E-state index contributed by atoms with van der Waals surface area (Å²) in [5, 5.41) is 8.99. The maximum Gasteiger partial charge on any atom is 0.222 e. The number of hydrogen-bond acceptors (Lipinski definition) is 7. The van der Waals surface area contributed by atoms with E-state index in [1.807, 2.05) is 35.6 Å². The highest BCUT2D eigenvalue weighted by Gasteiger charge is 2.41. The zero-order chi connectivity index (χ0) is 20.1. The Balaban J connectivity index is 1.48. The summed E-state index contributed by atoms with van der Waals surface area (Å²) in [6.07, 6.45) is 3.01. The third kappa shape index (κ3) is 2.91. The van der Waals surface area contributed by atoms with Gasteiger partial charge in [-0.15, -0.1) is 10.2 Å². The summed E-state index contributed by atoms with van der Waals surface area (Å²) < 4.78 is 7.37. The Bertz CT molecular complexity index is 1280. The first-order valence-corrected chi connectivity index (χ1v) is 9.30. The fourth-order valence-electron chi connectivity index (χ4n) is 3.71. The van der Waals surface area contributed by atoms with Crippen LogP contribution in [0.15, 0.2) is 41.5 Å². The molecule has 4 aromatic rings. The second-order valence-corrected chi connectivity index (χ2v) is 7.19. The minimum Gasteiger partial charge on any atom is -0.494 e. The molecule has 0 spiro atoms. The molecule has 0 saturated heterocycles. The number of benzene rings is 1. The lowest BCUT2D eigenvalue weighted by Gasteiger charge is -2.08. The number of amidine groups is 1. The molecule has 3 heterocycles. The van der Waals surface area contributed by atoms with Crippen molar-refractivity contribution >= 4 is 34.2 Å². The van der Waals surface area contributed by atoms with E-state index in [4.69, 9.17) is 16.2 Å². The Hall–Kier alpha value is -3.75. The molecule has 1 saturated carbocycles. The van der Waals surface area contributed by atoms with Crippen LogP contribution in [0.25, 0.3) is 16.6 Å². The van der Waals surface area contributed by atoms with Crippen molar-refractivity contribution in [1.82, 2.24) is 24.6 Å². The molecule has 29 heavy (non-hydrogen) atoms. The number of nitrogen functional groups attached to an aromatic ring is 1. The van der Waals surface area contributed by atoms with E-state index < -0.39 is 0 Å². The number of hydrogen-bond donors (Lipinski definition) is 2. The first kappa shape index (κ1) is 17.4. The molecule has 1 aromatic carbocycles. The summed E-state index contributed by atoms with van der Waals surface area (Å²) in [6.45, 7) is 1.93. The largest absolute Gasteiger partial charge is 0.494 e. The van der Waals surface area contributed by atoms with E-state index in [0.717, 1.165) is 23.3 Å². The van der Waals surface area contributed by atoms with Gasteiger partial charge in [0.15, 0.2) is 11.5 Å². The standard InChI is InChI=1S/C20H20N8O/c1-10-26-27-16-7-6-11(9-28(10)16)13-8-14(13)18(21)24-19-12-4-3-5-15(29-2)17(12)23-20(22)25-19/h3-7,9,13-14H,8H2,1-2H3,(H4,21,22,23,24,25). The molecule has 2 atom stereocenters. The van der Waals surface area contributed by atoms with Gasteiger partial charge >= 0.3 is 0 Å². The van der Waals surface area contributed by atoms with E-state index in [1.54, 1.807) is 7.11 Å². The van der Waals surface area contributed by atoms with Crippen molar-refractivity contribution in [3.63, 3.8) is 0 Å². The number of aliphatic imine (C=N–C) groups is 1. The Morgan fingerprint density at radius 2 is 2.07 bits per heavy atom. The van der Waals surface area contributed by atoms with Crippen molar-refractivity contribution in [1.29, 1.82) is 0 Å². The summed E-state index contributed by atoms with van der Waals surface area (Å²) in [4.78, 5) is 13.2. The van der Waals surface area contributed by atoms with Crippen LogP contribution in [0.1, 0.15) is 23.7 Å². The molecular weight excluding hydrogens is 368 g/mol. The third-order valence-electron chi connectivity index (χ3n) is 5.34. The van der Waals surface area contributed by atoms with Crippen LogP contribution in [0.5, 0.6) is 5.75 Å². The number of methoxy groups -OCH3 is 1. The fraction of sp³-hybridized carbons (Fsp3) is 0.250. The van der Waals surface area contributed by atoms with Crippen molar-refractivity contribution in [2.24, 2.45) is 16.6 Å². The van der Waals surface area contributed by atoms with Crippen LogP contribution < -0.4 is 16.2 Å². The third-order valence-corrected chi connectivity index (χ3v) is 5.34. The summed E-state index contributed by atoms with van der Waals surface area (Å²) >= 11 is 0. The van der Waals surface area contributed by atoms with Crippen molar-refractivity contribution in [3.05, 3.63) is 47.9 Å². The number of anilines is 1. The maximum atomic E-state index is 6.36. The highest BCUT2D eigenvalue weighted by Crippen LogP contribution is 2.48. The predicted molar refractivity (Wildman–Crippen MR) is 110 cm³/mol. The number of nitrogens with zero attached hydrogens (tertiary/aromatic N) is 6. The lowest BCUT2D eigenvalue weighted by Crippen LogP contribution is -2.15. The van der Waals surface area contributed by atoms with Crippen molar-refractivity contribution in [2.75, 3.05) is 12.8 Å². The van der Waals surface area contributed by atoms with Gasteiger partial charge in [-0.2, -0.15) is 4.98 Å². The first-order valence-electron chi connectivity index (χ1n) is 9.30. The minimum absolute atomic E-state index is 0.134. The van der Waals surface area contributed by atoms with E-state index >= 15 is 0 Å². The zero-order valence-electron chi connectivity index (χ0n) is 16.1. The van der Waals surface area contributed by atoms with Crippen LogP contribution in [-0.2, 0) is 0 Å². The second kappa shape index (κ2) is 6.40. The number of para-hydroxylation sites is 1. The molecule has 0 bridgehead atoms. The lowest BCUT2D eigenvalue weighted by molar-refractivity contribution is 0.419. The Morgan fingerprint density at radius 1 is 1.21 bits per heavy atom. The Morgan fingerprint density at radius 3 is 2.90 bits per heavy atom. The molecule has 1 aliphatic carbocycles. The zero-order valence-corrected chi connectivity index (χ0v) is 16.1. The van der Waals surface area contributed by atoms with Gasteiger partial charge in [-0.25, -0.2) is 9.98 Å². The summed E-state index contributed by atoms with van der Waals surface area (Å²) in [5.74, 6) is 3.07. The van der Waals surface area contributed by atoms with Crippen LogP contribution in [0.3, 0.4) is 0 Å². The number of aryl methyl sites for hydroxylation is 1. The molecule has 9 nitrogen and oxygen atoms in total. The quantitative estimate of drug-likeness (QED) is 0.405. The second-order valence-electron chi connectivity index (χ2n) is 7.19. The average Bonchev–Trinajstić information content (AvgIpc) is 3.45. The molecular formula is C20H20N8O. The van der Waals surface area contributed by atoms with Crippen LogP contribution in [0, 0.1) is 12.8 Å². The summed E-state index contributed by atoms with van der Waals surface area (Å²) in [5.41, 5.74) is 14.9. The molecule has 146 valence electrons.